The Bertz CT molecular complexity index is 474. The third-order valence-electron chi connectivity index (χ3n) is 2.12. The van der Waals surface area contributed by atoms with Crippen LogP contribution in [0, 0.1) is 13.8 Å². The molecule has 0 aliphatic carbocycles. The van der Waals surface area contributed by atoms with Crippen LogP contribution in [-0.4, -0.2) is 26.8 Å². The maximum Gasteiger partial charge on any atom is 0.148 e. The summed E-state index contributed by atoms with van der Waals surface area (Å²) in [5.74, 6) is 2.47. The largest absolute Gasteiger partial charge is 0.373 e. The van der Waals surface area contributed by atoms with Gasteiger partial charge in [-0.05, 0) is 19.9 Å². The van der Waals surface area contributed by atoms with Crippen LogP contribution >= 0.6 is 0 Å². The number of hydrogen-bond acceptors (Lipinski definition) is 4. The molecular formula is C10H13N5. The molecule has 0 spiro atoms. The molecule has 0 aliphatic rings. The Morgan fingerprint density at radius 1 is 1.33 bits per heavy atom. The molecule has 0 aromatic carbocycles. The van der Waals surface area contributed by atoms with E-state index in [1.807, 2.05) is 33.0 Å². The Labute approximate surface area is 88.2 Å². The SMILES string of the molecule is CNc1cc(-n2nc(C)nc2C)ccn1. The molecule has 15 heavy (non-hydrogen) atoms. The van der Waals surface area contributed by atoms with Gasteiger partial charge in [0.05, 0.1) is 5.69 Å². The zero-order chi connectivity index (χ0) is 10.8. The van der Waals surface area contributed by atoms with Gasteiger partial charge in [0.2, 0.25) is 0 Å². The number of nitrogens with one attached hydrogen (secondary N) is 1. The standard InChI is InChI=1S/C10H13N5/c1-7-13-8(2)15(14-7)9-4-5-12-10(6-9)11-3/h4-6H,1-3H3,(H,11,12). The third kappa shape index (κ3) is 1.81. The fourth-order valence-electron chi connectivity index (χ4n) is 1.45. The summed E-state index contributed by atoms with van der Waals surface area (Å²) >= 11 is 0. The zero-order valence-corrected chi connectivity index (χ0v) is 9.02. The summed E-state index contributed by atoms with van der Waals surface area (Å²) in [7, 11) is 1.84. The predicted octanol–water partition coefficient (Wildman–Crippen LogP) is 1.32. The summed E-state index contributed by atoms with van der Waals surface area (Å²) in [6, 6.07) is 3.84. The van der Waals surface area contributed by atoms with Gasteiger partial charge in [-0.15, -0.1) is 0 Å². The van der Waals surface area contributed by atoms with Crippen LogP contribution in [0.15, 0.2) is 18.3 Å². The molecule has 2 aromatic rings. The van der Waals surface area contributed by atoms with Gasteiger partial charge >= 0.3 is 0 Å². The van der Waals surface area contributed by atoms with Crippen molar-refractivity contribution in [3.05, 3.63) is 30.0 Å². The maximum atomic E-state index is 4.31. The molecule has 0 bridgehead atoms. The van der Waals surface area contributed by atoms with Gasteiger partial charge < -0.3 is 5.32 Å². The van der Waals surface area contributed by atoms with Gasteiger partial charge in [-0.1, -0.05) is 0 Å². The van der Waals surface area contributed by atoms with Crippen LogP contribution in [-0.2, 0) is 0 Å². The molecule has 0 saturated carbocycles. The second kappa shape index (κ2) is 3.68. The first-order valence-electron chi connectivity index (χ1n) is 4.75. The van der Waals surface area contributed by atoms with E-state index in [1.165, 1.54) is 0 Å². The molecule has 0 aliphatic heterocycles. The number of hydrogen-bond donors (Lipinski definition) is 1. The van der Waals surface area contributed by atoms with Gasteiger partial charge in [0.1, 0.15) is 17.5 Å². The van der Waals surface area contributed by atoms with E-state index in [9.17, 15) is 0 Å². The summed E-state index contributed by atoms with van der Waals surface area (Å²) in [6.07, 6.45) is 1.75. The maximum absolute atomic E-state index is 4.31. The lowest BCUT2D eigenvalue weighted by molar-refractivity contribution is 0.829. The summed E-state index contributed by atoms with van der Waals surface area (Å²) in [6.45, 7) is 3.81. The Morgan fingerprint density at radius 2 is 2.13 bits per heavy atom. The molecule has 0 amide bonds. The molecule has 0 fully saturated rings. The first-order chi connectivity index (χ1) is 7.20. The van der Waals surface area contributed by atoms with Crippen molar-refractivity contribution in [1.82, 2.24) is 19.7 Å². The van der Waals surface area contributed by atoms with Gasteiger partial charge in [-0.3, -0.25) is 0 Å². The van der Waals surface area contributed by atoms with E-state index in [4.69, 9.17) is 0 Å². The van der Waals surface area contributed by atoms with E-state index in [-0.39, 0.29) is 0 Å². The van der Waals surface area contributed by atoms with E-state index in [0.717, 1.165) is 23.2 Å². The van der Waals surface area contributed by atoms with Crippen molar-refractivity contribution < 1.29 is 0 Å². The first-order valence-corrected chi connectivity index (χ1v) is 4.75. The molecule has 0 radical (unpaired) electrons. The average molecular weight is 203 g/mol. The van der Waals surface area contributed by atoms with Crippen molar-refractivity contribution in [2.45, 2.75) is 13.8 Å². The van der Waals surface area contributed by atoms with Crippen LogP contribution in [0.2, 0.25) is 0 Å². The lowest BCUT2D eigenvalue weighted by Gasteiger charge is -2.04. The molecule has 5 nitrogen and oxygen atoms in total. The number of nitrogens with zero attached hydrogens (tertiary/aromatic N) is 4. The van der Waals surface area contributed by atoms with E-state index >= 15 is 0 Å². The monoisotopic (exact) mass is 203 g/mol. The topological polar surface area (TPSA) is 55.6 Å². The van der Waals surface area contributed by atoms with Crippen molar-refractivity contribution in [2.24, 2.45) is 0 Å². The highest BCUT2D eigenvalue weighted by Gasteiger charge is 2.05. The van der Waals surface area contributed by atoms with E-state index < -0.39 is 0 Å². The van der Waals surface area contributed by atoms with Crippen molar-refractivity contribution in [2.75, 3.05) is 12.4 Å². The van der Waals surface area contributed by atoms with Gasteiger partial charge in [-0.25, -0.2) is 14.6 Å². The molecular weight excluding hydrogens is 190 g/mol. The third-order valence-corrected chi connectivity index (χ3v) is 2.12. The Morgan fingerprint density at radius 3 is 2.73 bits per heavy atom. The highest BCUT2D eigenvalue weighted by molar-refractivity contribution is 5.44. The van der Waals surface area contributed by atoms with E-state index in [2.05, 4.69) is 20.4 Å². The molecule has 2 rings (SSSR count). The highest BCUT2D eigenvalue weighted by atomic mass is 15.3. The number of rotatable bonds is 2. The molecule has 0 saturated heterocycles. The van der Waals surface area contributed by atoms with Gasteiger partial charge in [-0.2, -0.15) is 5.10 Å². The van der Waals surface area contributed by atoms with Gasteiger partial charge in [0, 0.05) is 19.3 Å². The van der Waals surface area contributed by atoms with Crippen molar-refractivity contribution in [1.29, 1.82) is 0 Å². The predicted molar refractivity (Wildman–Crippen MR) is 58.2 cm³/mol. The van der Waals surface area contributed by atoms with Crippen LogP contribution in [0.1, 0.15) is 11.6 Å². The minimum atomic E-state index is 0.773. The molecule has 0 atom stereocenters. The lowest BCUT2D eigenvalue weighted by Crippen LogP contribution is -2.01. The van der Waals surface area contributed by atoms with Crippen LogP contribution in [0.3, 0.4) is 0 Å². The second-order valence-electron chi connectivity index (χ2n) is 3.27. The fourth-order valence-corrected chi connectivity index (χ4v) is 1.45. The van der Waals surface area contributed by atoms with E-state index in [0.29, 0.717) is 0 Å². The average Bonchev–Trinajstić information content (AvgIpc) is 2.58. The van der Waals surface area contributed by atoms with E-state index in [1.54, 1.807) is 10.9 Å². The molecule has 2 heterocycles. The first kappa shape index (κ1) is 9.64. The Hall–Kier alpha value is -1.91. The summed E-state index contributed by atoms with van der Waals surface area (Å²) in [5, 5.41) is 7.30. The van der Waals surface area contributed by atoms with Crippen LogP contribution in [0.5, 0.6) is 0 Å². The summed E-state index contributed by atoms with van der Waals surface area (Å²) < 4.78 is 1.80. The highest BCUT2D eigenvalue weighted by Crippen LogP contribution is 2.12. The lowest BCUT2D eigenvalue weighted by atomic mass is 10.4. The Balaban J connectivity index is 2.49. The van der Waals surface area contributed by atoms with Crippen LogP contribution in [0.4, 0.5) is 5.82 Å². The smallest absolute Gasteiger partial charge is 0.148 e. The molecule has 5 heteroatoms. The fraction of sp³-hybridized carbons (Fsp3) is 0.300. The normalized spacial score (nSPS) is 10.3. The molecule has 78 valence electrons. The zero-order valence-electron chi connectivity index (χ0n) is 9.02. The van der Waals surface area contributed by atoms with Crippen molar-refractivity contribution in [3.8, 4) is 5.69 Å². The number of anilines is 1. The van der Waals surface area contributed by atoms with Gasteiger partial charge in [0.25, 0.3) is 0 Å². The van der Waals surface area contributed by atoms with Gasteiger partial charge in [0.15, 0.2) is 0 Å². The summed E-state index contributed by atoms with van der Waals surface area (Å²) in [5.41, 5.74) is 0.965. The van der Waals surface area contributed by atoms with Crippen molar-refractivity contribution in [3.63, 3.8) is 0 Å². The number of aromatic nitrogens is 4. The van der Waals surface area contributed by atoms with Crippen LogP contribution in [0.25, 0.3) is 5.69 Å². The van der Waals surface area contributed by atoms with Crippen LogP contribution < -0.4 is 5.32 Å². The quantitative estimate of drug-likeness (QED) is 0.799. The summed E-state index contributed by atoms with van der Waals surface area (Å²) in [4.78, 5) is 8.40. The Kier molecular flexibility index (Phi) is 2.37. The number of aryl methyl sites for hydroxylation is 2. The minimum Gasteiger partial charge on any atom is -0.373 e. The molecule has 0 unspecified atom stereocenters. The number of pyridine rings is 1. The molecule has 2 aromatic heterocycles. The molecule has 1 N–H and O–H groups in total. The second-order valence-corrected chi connectivity index (χ2v) is 3.27. The minimum absolute atomic E-state index is 0.773. The van der Waals surface area contributed by atoms with Crippen molar-refractivity contribution >= 4 is 5.82 Å².